The second-order valence-electron chi connectivity index (χ2n) is 5.36. The van der Waals surface area contributed by atoms with Crippen LogP contribution in [-0.4, -0.2) is 14.7 Å². The average Bonchev–Trinajstić information content (AvgIpc) is 2.38. The minimum absolute atomic E-state index is 0.169. The van der Waals surface area contributed by atoms with Crippen LogP contribution >= 0.6 is 0 Å². The molecule has 112 valence electrons. The van der Waals surface area contributed by atoms with Gasteiger partial charge in [0.2, 0.25) is 0 Å². The molecule has 0 bridgehead atoms. The summed E-state index contributed by atoms with van der Waals surface area (Å²) in [4.78, 5) is 0.308. The minimum Gasteiger partial charge on any atom is -0.271 e. The van der Waals surface area contributed by atoms with Crippen molar-refractivity contribution >= 4 is 9.84 Å². The normalized spacial score (nSPS) is 13.1. The molecule has 2 aromatic carbocycles. The maximum Gasteiger partial charge on any atom is 0.175 e. The standard InChI is InChI=1S/C16H20N2O2S/c1-11-8-12(2)10-14(9-11)16(18-17)13-4-6-15(7-5-13)21(3,19)20/h4-10,16,18H,17H2,1-3H3. The first-order valence-electron chi connectivity index (χ1n) is 6.65. The molecular weight excluding hydrogens is 284 g/mol. The minimum atomic E-state index is -3.18. The number of nitrogens with one attached hydrogen (secondary N) is 1. The van der Waals surface area contributed by atoms with Crippen LogP contribution in [0.25, 0.3) is 0 Å². The van der Waals surface area contributed by atoms with Crippen molar-refractivity contribution in [2.45, 2.75) is 24.8 Å². The molecule has 0 aliphatic rings. The molecule has 0 saturated heterocycles. The van der Waals surface area contributed by atoms with Crippen LogP contribution in [0.3, 0.4) is 0 Å². The van der Waals surface area contributed by atoms with E-state index in [1.165, 1.54) is 6.26 Å². The van der Waals surface area contributed by atoms with Crippen molar-refractivity contribution in [2.24, 2.45) is 5.84 Å². The zero-order chi connectivity index (χ0) is 15.6. The number of hydrazine groups is 1. The number of hydrogen-bond donors (Lipinski definition) is 2. The first-order valence-corrected chi connectivity index (χ1v) is 8.55. The number of nitrogens with two attached hydrogens (primary N) is 1. The van der Waals surface area contributed by atoms with E-state index in [4.69, 9.17) is 5.84 Å². The molecule has 2 aromatic rings. The molecule has 0 heterocycles. The SMILES string of the molecule is Cc1cc(C)cc(C(NN)c2ccc(S(C)(=O)=O)cc2)c1. The first-order chi connectivity index (χ1) is 9.81. The maximum absolute atomic E-state index is 11.5. The molecule has 1 unspecified atom stereocenters. The molecule has 0 aliphatic carbocycles. The van der Waals surface area contributed by atoms with Gasteiger partial charge in [-0.15, -0.1) is 0 Å². The fourth-order valence-electron chi connectivity index (χ4n) is 2.47. The fraction of sp³-hybridized carbons (Fsp3) is 0.250. The van der Waals surface area contributed by atoms with Gasteiger partial charge in [-0.3, -0.25) is 5.84 Å². The molecule has 0 saturated carbocycles. The lowest BCUT2D eigenvalue weighted by atomic mass is 9.96. The van der Waals surface area contributed by atoms with E-state index in [9.17, 15) is 8.42 Å². The Morgan fingerprint density at radius 3 is 1.90 bits per heavy atom. The van der Waals surface area contributed by atoms with E-state index in [-0.39, 0.29) is 6.04 Å². The van der Waals surface area contributed by atoms with Crippen molar-refractivity contribution in [2.75, 3.05) is 6.26 Å². The van der Waals surface area contributed by atoms with E-state index in [0.29, 0.717) is 4.90 Å². The van der Waals surface area contributed by atoms with Gasteiger partial charge in [-0.2, -0.15) is 0 Å². The monoisotopic (exact) mass is 304 g/mol. The third-order valence-corrected chi connectivity index (χ3v) is 4.51. The molecule has 0 spiro atoms. The molecule has 21 heavy (non-hydrogen) atoms. The Morgan fingerprint density at radius 2 is 1.48 bits per heavy atom. The highest BCUT2D eigenvalue weighted by Crippen LogP contribution is 2.24. The summed E-state index contributed by atoms with van der Waals surface area (Å²) in [5.41, 5.74) is 7.11. The Balaban J connectivity index is 2.42. The van der Waals surface area contributed by atoms with Crippen LogP contribution in [0.15, 0.2) is 47.4 Å². The zero-order valence-corrected chi connectivity index (χ0v) is 13.2. The van der Waals surface area contributed by atoms with Crippen LogP contribution in [0.2, 0.25) is 0 Å². The summed E-state index contributed by atoms with van der Waals surface area (Å²) in [5, 5.41) is 0. The second-order valence-corrected chi connectivity index (χ2v) is 7.38. The summed E-state index contributed by atoms with van der Waals surface area (Å²) in [5.74, 6) is 5.69. The predicted octanol–water partition coefficient (Wildman–Crippen LogP) is 2.26. The van der Waals surface area contributed by atoms with Crippen molar-refractivity contribution in [1.29, 1.82) is 0 Å². The molecular formula is C16H20N2O2S. The average molecular weight is 304 g/mol. The van der Waals surface area contributed by atoms with Crippen LogP contribution in [0, 0.1) is 13.8 Å². The Labute approximate surface area is 125 Å². The van der Waals surface area contributed by atoms with Gasteiger partial charge in [0.15, 0.2) is 9.84 Å². The van der Waals surface area contributed by atoms with E-state index in [1.807, 2.05) is 13.8 Å². The van der Waals surface area contributed by atoms with Crippen LogP contribution in [0.1, 0.15) is 28.3 Å². The van der Waals surface area contributed by atoms with E-state index >= 15 is 0 Å². The van der Waals surface area contributed by atoms with Gasteiger partial charge in [0, 0.05) is 6.26 Å². The fourth-order valence-corrected chi connectivity index (χ4v) is 3.10. The van der Waals surface area contributed by atoms with Crippen molar-refractivity contribution in [3.8, 4) is 0 Å². The van der Waals surface area contributed by atoms with E-state index in [0.717, 1.165) is 22.3 Å². The number of aryl methyl sites for hydroxylation is 2. The van der Waals surface area contributed by atoms with E-state index < -0.39 is 9.84 Å². The summed E-state index contributed by atoms with van der Waals surface area (Å²) in [6.07, 6.45) is 1.20. The lowest BCUT2D eigenvalue weighted by molar-refractivity contribution is 0.601. The number of sulfone groups is 1. The van der Waals surface area contributed by atoms with E-state index in [1.54, 1.807) is 24.3 Å². The van der Waals surface area contributed by atoms with Crippen molar-refractivity contribution in [3.63, 3.8) is 0 Å². The highest BCUT2D eigenvalue weighted by Gasteiger charge is 2.14. The maximum atomic E-state index is 11.5. The van der Waals surface area contributed by atoms with Gasteiger partial charge >= 0.3 is 0 Å². The van der Waals surface area contributed by atoms with Gasteiger partial charge in [0.25, 0.3) is 0 Å². The highest BCUT2D eigenvalue weighted by molar-refractivity contribution is 7.90. The molecule has 0 fully saturated rings. The quantitative estimate of drug-likeness (QED) is 0.671. The molecule has 0 amide bonds. The molecule has 5 heteroatoms. The van der Waals surface area contributed by atoms with Crippen LogP contribution < -0.4 is 11.3 Å². The van der Waals surface area contributed by atoms with Crippen LogP contribution in [0.4, 0.5) is 0 Å². The number of hydrogen-bond acceptors (Lipinski definition) is 4. The smallest absolute Gasteiger partial charge is 0.175 e. The first kappa shape index (κ1) is 15.7. The van der Waals surface area contributed by atoms with Crippen LogP contribution in [-0.2, 0) is 9.84 Å². The van der Waals surface area contributed by atoms with Gasteiger partial charge in [0.1, 0.15) is 0 Å². The summed E-state index contributed by atoms with van der Waals surface area (Å²) in [6, 6.07) is 12.9. The Bertz CT molecular complexity index is 717. The molecule has 3 N–H and O–H groups in total. The Morgan fingerprint density at radius 1 is 0.952 bits per heavy atom. The zero-order valence-electron chi connectivity index (χ0n) is 12.4. The van der Waals surface area contributed by atoms with Crippen LogP contribution in [0.5, 0.6) is 0 Å². The lowest BCUT2D eigenvalue weighted by Gasteiger charge is -2.18. The van der Waals surface area contributed by atoms with Gasteiger partial charge in [-0.05, 0) is 37.1 Å². The third-order valence-electron chi connectivity index (χ3n) is 3.39. The van der Waals surface area contributed by atoms with Crippen molar-refractivity contribution in [1.82, 2.24) is 5.43 Å². The predicted molar refractivity (Wildman–Crippen MR) is 84.6 cm³/mol. The van der Waals surface area contributed by atoms with Crippen molar-refractivity contribution < 1.29 is 8.42 Å². The van der Waals surface area contributed by atoms with Crippen molar-refractivity contribution in [3.05, 3.63) is 64.7 Å². The van der Waals surface area contributed by atoms with Gasteiger partial charge in [-0.1, -0.05) is 41.5 Å². The van der Waals surface area contributed by atoms with Gasteiger partial charge in [0.05, 0.1) is 10.9 Å². The molecule has 1 atom stereocenters. The summed E-state index contributed by atoms with van der Waals surface area (Å²) in [7, 11) is -3.18. The Kier molecular flexibility index (Phi) is 4.46. The second kappa shape index (κ2) is 5.97. The molecule has 0 radical (unpaired) electrons. The third kappa shape index (κ3) is 3.69. The Hall–Kier alpha value is -1.69. The topological polar surface area (TPSA) is 72.2 Å². The van der Waals surface area contributed by atoms with Gasteiger partial charge < -0.3 is 0 Å². The summed E-state index contributed by atoms with van der Waals surface area (Å²) in [6.45, 7) is 4.08. The lowest BCUT2D eigenvalue weighted by Crippen LogP contribution is -2.29. The summed E-state index contributed by atoms with van der Waals surface area (Å²) >= 11 is 0. The van der Waals surface area contributed by atoms with E-state index in [2.05, 4.69) is 23.6 Å². The molecule has 2 rings (SSSR count). The molecule has 4 nitrogen and oxygen atoms in total. The van der Waals surface area contributed by atoms with Gasteiger partial charge in [-0.25, -0.2) is 13.8 Å². The highest BCUT2D eigenvalue weighted by atomic mass is 32.2. The molecule has 0 aliphatic heterocycles. The largest absolute Gasteiger partial charge is 0.271 e. The number of rotatable bonds is 4. The number of benzene rings is 2. The molecule has 0 aromatic heterocycles. The summed E-state index contributed by atoms with van der Waals surface area (Å²) < 4.78 is 23.0.